The highest BCUT2D eigenvalue weighted by Gasteiger charge is 2.12. The van der Waals surface area contributed by atoms with Gasteiger partial charge in [-0.1, -0.05) is 6.07 Å². The van der Waals surface area contributed by atoms with Crippen LogP contribution in [0, 0.1) is 13.8 Å². The molecule has 19 heavy (non-hydrogen) atoms. The molecule has 98 valence electrons. The second-order valence-electron chi connectivity index (χ2n) is 4.34. The Morgan fingerprint density at radius 1 is 1.26 bits per heavy atom. The van der Waals surface area contributed by atoms with Gasteiger partial charge in [-0.25, -0.2) is 4.79 Å². The molecule has 0 aliphatic heterocycles. The van der Waals surface area contributed by atoms with Gasteiger partial charge in [0.15, 0.2) is 0 Å². The lowest BCUT2D eigenvalue weighted by Gasteiger charge is -2.06. The molecule has 0 fully saturated rings. The van der Waals surface area contributed by atoms with Crippen molar-refractivity contribution in [1.82, 2.24) is 0 Å². The average molecular weight is 274 g/mol. The molecule has 0 spiro atoms. The normalized spacial score (nSPS) is 11.6. The summed E-state index contributed by atoms with van der Waals surface area (Å²) >= 11 is 1.39. The summed E-state index contributed by atoms with van der Waals surface area (Å²) in [4.78, 5) is 12.0. The summed E-state index contributed by atoms with van der Waals surface area (Å²) in [5.41, 5.74) is 2.52. The predicted octanol–water partition coefficient (Wildman–Crippen LogP) is 3.70. The molecule has 1 aromatic carbocycles. The van der Waals surface area contributed by atoms with Gasteiger partial charge >= 0.3 is 5.97 Å². The fourth-order valence-corrected chi connectivity index (χ4v) is 2.64. The third kappa shape index (κ3) is 2.85. The van der Waals surface area contributed by atoms with Crippen LogP contribution in [0.25, 0.3) is 11.6 Å². The fourth-order valence-electron chi connectivity index (χ4n) is 1.91. The molecule has 0 aliphatic carbocycles. The van der Waals surface area contributed by atoms with E-state index in [0.29, 0.717) is 0 Å². The highest BCUT2D eigenvalue weighted by molar-refractivity contribution is 7.11. The number of carboxylic acid groups (broad SMARTS) is 1. The lowest BCUT2D eigenvalue weighted by atomic mass is 10.0. The van der Waals surface area contributed by atoms with E-state index < -0.39 is 5.97 Å². The molecule has 0 radical (unpaired) electrons. The van der Waals surface area contributed by atoms with Crippen molar-refractivity contribution in [3.63, 3.8) is 0 Å². The van der Waals surface area contributed by atoms with Crippen molar-refractivity contribution in [3.8, 4) is 5.75 Å². The van der Waals surface area contributed by atoms with Crippen LogP contribution in [0.4, 0.5) is 0 Å². The van der Waals surface area contributed by atoms with E-state index in [0.717, 1.165) is 21.6 Å². The highest BCUT2D eigenvalue weighted by Crippen LogP contribution is 2.27. The number of thiophene rings is 1. The number of hydrogen-bond donors (Lipinski definition) is 2. The number of aromatic hydroxyl groups is 1. The Kier molecular flexibility index (Phi) is 3.71. The molecule has 2 aromatic rings. The summed E-state index contributed by atoms with van der Waals surface area (Å²) in [5, 5.41) is 20.9. The van der Waals surface area contributed by atoms with Crippen molar-refractivity contribution >= 4 is 29.0 Å². The summed E-state index contributed by atoms with van der Waals surface area (Å²) in [6.45, 7) is 3.59. The second-order valence-corrected chi connectivity index (χ2v) is 5.29. The third-order valence-electron chi connectivity index (χ3n) is 2.84. The van der Waals surface area contributed by atoms with Crippen LogP contribution in [0.15, 0.2) is 29.6 Å². The number of rotatable bonds is 3. The Balaban J connectivity index is 2.51. The van der Waals surface area contributed by atoms with Crippen molar-refractivity contribution in [2.45, 2.75) is 13.8 Å². The smallest absolute Gasteiger partial charge is 0.337 e. The largest absolute Gasteiger partial charge is 0.507 e. The molecule has 0 saturated heterocycles. The van der Waals surface area contributed by atoms with Crippen LogP contribution in [0.3, 0.4) is 0 Å². The Bertz CT molecular complexity index is 616. The first-order valence-corrected chi connectivity index (χ1v) is 6.66. The van der Waals surface area contributed by atoms with Crippen LogP contribution < -0.4 is 0 Å². The number of phenols is 1. The maximum Gasteiger partial charge on any atom is 0.337 e. The number of carbonyl (C=O) groups is 1. The minimum Gasteiger partial charge on any atom is -0.507 e. The lowest BCUT2D eigenvalue weighted by Crippen LogP contribution is -1.97. The summed E-state index contributed by atoms with van der Waals surface area (Å²) in [6, 6.07) is 7.16. The van der Waals surface area contributed by atoms with Crippen LogP contribution >= 0.6 is 11.3 Å². The van der Waals surface area contributed by atoms with Crippen molar-refractivity contribution in [1.29, 1.82) is 0 Å². The fraction of sp³-hybridized carbons (Fsp3) is 0.133. The van der Waals surface area contributed by atoms with Crippen LogP contribution in [0.1, 0.15) is 21.6 Å². The van der Waals surface area contributed by atoms with Crippen molar-refractivity contribution in [2.24, 2.45) is 0 Å². The van der Waals surface area contributed by atoms with Gasteiger partial charge in [-0.05, 0) is 60.2 Å². The molecule has 1 heterocycles. The molecule has 1 aromatic heterocycles. The third-order valence-corrected chi connectivity index (χ3v) is 3.74. The molecular weight excluding hydrogens is 260 g/mol. The van der Waals surface area contributed by atoms with E-state index in [1.54, 1.807) is 38.1 Å². The topological polar surface area (TPSA) is 57.5 Å². The minimum absolute atomic E-state index is 0.255. The molecule has 2 rings (SSSR count). The summed E-state index contributed by atoms with van der Waals surface area (Å²) in [6.07, 6.45) is 1.63. The Morgan fingerprint density at radius 3 is 2.37 bits per heavy atom. The van der Waals surface area contributed by atoms with Gasteiger partial charge < -0.3 is 10.2 Å². The van der Waals surface area contributed by atoms with Crippen molar-refractivity contribution < 1.29 is 15.0 Å². The van der Waals surface area contributed by atoms with Crippen LogP contribution in [-0.2, 0) is 4.79 Å². The molecule has 2 N–H and O–H groups in total. The quantitative estimate of drug-likeness (QED) is 0.839. The maximum absolute atomic E-state index is 11.3. The first kappa shape index (κ1) is 13.4. The van der Waals surface area contributed by atoms with Crippen LogP contribution in [-0.4, -0.2) is 16.2 Å². The van der Waals surface area contributed by atoms with E-state index in [9.17, 15) is 15.0 Å². The second kappa shape index (κ2) is 5.28. The van der Waals surface area contributed by atoms with Gasteiger partial charge in [0.25, 0.3) is 0 Å². The van der Waals surface area contributed by atoms with Gasteiger partial charge in [-0.3, -0.25) is 0 Å². The minimum atomic E-state index is -0.953. The van der Waals surface area contributed by atoms with Gasteiger partial charge in [0, 0.05) is 4.88 Å². The first-order valence-electron chi connectivity index (χ1n) is 5.78. The molecule has 0 aliphatic rings. The standard InChI is InChI=1S/C15H14O3S/c1-9-6-11(7-10(2)14(9)16)8-12(15(17)18)13-4-3-5-19-13/h3-8,16H,1-2H3,(H,17,18)/b12-8-. The molecule has 3 nitrogen and oxygen atoms in total. The number of carboxylic acids is 1. The van der Waals surface area contributed by atoms with E-state index in [1.165, 1.54) is 11.3 Å². The van der Waals surface area contributed by atoms with Crippen LogP contribution in [0.2, 0.25) is 0 Å². The van der Waals surface area contributed by atoms with Crippen LogP contribution in [0.5, 0.6) is 5.75 Å². The molecular formula is C15H14O3S. The number of benzene rings is 1. The number of hydrogen-bond acceptors (Lipinski definition) is 3. The zero-order valence-corrected chi connectivity index (χ0v) is 11.5. The number of aryl methyl sites for hydroxylation is 2. The van der Waals surface area contributed by atoms with Gasteiger partial charge in [0.05, 0.1) is 5.57 Å². The molecule has 0 bridgehead atoms. The van der Waals surface area contributed by atoms with Gasteiger partial charge in [-0.15, -0.1) is 11.3 Å². The molecule has 0 atom stereocenters. The van der Waals surface area contributed by atoms with Gasteiger partial charge in [0.2, 0.25) is 0 Å². The average Bonchev–Trinajstić information content (AvgIpc) is 2.86. The zero-order chi connectivity index (χ0) is 14.0. The Morgan fingerprint density at radius 2 is 1.89 bits per heavy atom. The van der Waals surface area contributed by atoms with Gasteiger partial charge in [0.1, 0.15) is 5.75 Å². The maximum atomic E-state index is 11.3. The molecule has 4 heteroatoms. The molecule has 0 amide bonds. The number of phenolic OH excluding ortho intramolecular Hbond substituents is 1. The number of aliphatic carboxylic acids is 1. The van der Waals surface area contributed by atoms with Crippen molar-refractivity contribution in [2.75, 3.05) is 0 Å². The summed E-state index contributed by atoms with van der Waals surface area (Å²) in [7, 11) is 0. The Labute approximate surface area is 115 Å². The van der Waals surface area contributed by atoms with E-state index in [-0.39, 0.29) is 11.3 Å². The van der Waals surface area contributed by atoms with E-state index in [2.05, 4.69) is 0 Å². The SMILES string of the molecule is Cc1cc(/C=C(\C(=O)O)c2cccs2)cc(C)c1O. The highest BCUT2D eigenvalue weighted by atomic mass is 32.1. The lowest BCUT2D eigenvalue weighted by molar-refractivity contribution is -0.130. The first-order chi connectivity index (χ1) is 8.99. The summed E-state index contributed by atoms with van der Waals surface area (Å²) in [5.74, 6) is -0.698. The van der Waals surface area contributed by atoms with Crippen molar-refractivity contribution in [3.05, 3.63) is 51.2 Å². The zero-order valence-electron chi connectivity index (χ0n) is 10.7. The van der Waals surface area contributed by atoms with E-state index in [4.69, 9.17) is 0 Å². The summed E-state index contributed by atoms with van der Waals surface area (Å²) < 4.78 is 0. The van der Waals surface area contributed by atoms with E-state index >= 15 is 0 Å². The molecule has 0 unspecified atom stereocenters. The molecule has 0 saturated carbocycles. The monoisotopic (exact) mass is 274 g/mol. The van der Waals surface area contributed by atoms with Gasteiger partial charge in [-0.2, -0.15) is 0 Å². The Hall–Kier alpha value is -2.07. The predicted molar refractivity (Wildman–Crippen MR) is 77.4 cm³/mol. The van der Waals surface area contributed by atoms with E-state index in [1.807, 2.05) is 11.4 Å².